The van der Waals surface area contributed by atoms with Crippen molar-refractivity contribution in [3.05, 3.63) is 40.4 Å². The molecule has 1 saturated heterocycles. The highest BCUT2D eigenvalue weighted by Gasteiger charge is 2.28. The van der Waals surface area contributed by atoms with Gasteiger partial charge in [-0.15, -0.1) is 11.3 Å². The summed E-state index contributed by atoms with van der Waals surface area (Å²) in [7, 11) is 0. The van der Waals surface area contributed by atoms with Gasteiger partial charge in [0.1, 0.15) is 10.7 Å². The molecule has 1 aliphatic heterocycles. The summed E-state index contributed by atoms with van der Waals surface area (Å²) in [5, 5.41) is 13.2. The molecule has 22 heavy (non-hydrogen) atoms. The van der Waals surface area contributed by atoms with Crippen LogP contribution in [-0.2, 0) is 0 Å². The summed E-state index contributed by atoms with van der Waals surface area (Å²) < 4.78 is 0. The van der Waals surface area contributed by atoms with Crippen molar-refractivity contribution < 1.29 is 9.90 Å². The fourth-order valence-electron chi connectivity index (χ4n) is 2.49. The van der Waals surface area contributed by atoms with Gasteiger partial charge in [-0.3, -0.25) is 4.79 Å². The van der Waals surface area contributed by atoms with Crippen LogP contribution < -0.4 is 0 Å². The van der Waals surface area contributed by atoms with Gasteiger partial charge in [0.05, 0.1) is 6.10 Å². The molecule has 2 aromatic rings. The van der Waals surface area contributed by atoms with Crippen LogP contribution in [0.25, 0.3) is 10.6 Å². The smallest absolute Gasteiger partial charge is 0.273 e. The van der Waals surface area contributed by atoms with Gasteiger partial charge in [-0.25, -0.2) is 4.98 Å². The first-order valence-electron chi connectivity index (χ1n) is 7.23. The van der Waals surface area contributed by atoms with Crippen molar-refractivity contribution >= 4 is 28.8 Å². The molecule has 0 saturated carbocycles. The van der Waals surface area contributed by atoms with Gasteiger partial charge in [-0.1, -0.05) is 30.7 Å². The SMILES string of the molecule is CC1CCN(C(=O)c2csc(-c3ccc(Cl)cc3)n2)CC1O. The number of carbonyl (C=O) groups is 1. The van der Waals surface area contributed by atoms with E-state index in [9.17, 15) is 9.90 Å². The van der Waals surface area contributed by atoms with Crippen LogP contribution in [0.5, 0.6) is 0 Å². The minimum absolute atomic E-state index is 0.109. The van der Waals surface area contributed by atoms with Crippen LogP contribution in [0.1, 0.15) is 23.8 Å². The third-order valence-corrected chi connectivity index (χ3v) is 5.16. The van der Waals surface area contributed by atoms with Crippen molar-refractivity contribution in [2.75, 3.05) is 13.1 Å². The first-order chi connectivity index (χ1) is 10.5. The fraction of sp³-hybridized carbons (Fsp3) is 0.375. The molecule has 4 nitrogen and oxygen atoms in total. The summed E-state index contributed by atoms with van der Waals surface area (Å²) in [4.78, 5) is 18.6. The lowest BCUT2D eigenvalue weighted by molar-refractivity contribution is 0.0246. The van der Waals surface area contributed by atoms with Gasteiger partial charge in [-0.05, 0) is 24.5 Å². The molecule has 0 bridgehead atoms. The average Bonchev–Trinajstić information content (AvgIpc) is 3.00. The van der Waals surface area contributed by atoms with Crippen molar-refractivity contribution in [3.8, 4) is 10.6 Å². The maximum absolute atomic E-state index is 12.5. The van der Waals surface area contributed by atoms with E-state index in [2.05, 4.69) is 4.98 Å². The van der Waals surface area contributed by atoms with Crippen LogP contribution in [0.15, 0.2) is 29.6 Å². The molecular formula is C16H17ClN2O2S. The molecule has 0 aliphatic carbocycles. The molecule has 0 radical (unpaired) electrons. The van der Waals surface area contributed by atoms with Crippen molar-refractivity contribution in [2.24, 2.45) is 5.92 Å². The van der Waals surface area contributed by atoms with E-state index in [1.54, 1.807) is 10.3 Å². The number of benzene rings is 1. The number of aliphatic hydroxyl groups excluding tert-OH is 1. The maximum atomic E-state index is 12.5. The van der Waals surface area contributed by atoms with Gasteiger partial charge >= 0.3 is 0 Å². The Morgan fingerprint density at radius 2 is 2.14 bits per heavy atom. The molecule has 1 fully saturated rings. The number of amides is 1. The van der Waals surface area contributed by atoms with E-state index in [1.165, 1.54) is 11.3 Å². The van der Waals surface area contributed by atoms with Crippen LogP contribution in [0.4, 0.5) is 0 Å². The lowest BCUT2D eigenvalue weighted by Gasteiger charge is -2.33. The summed E-state index contributed by atoms with van der Waals surface area (Å²) in [5.74, 6) is 0.131. The molecule has 2 heterocycles. The predicted octanol–water partition coefficient (Wildman–Crippen LogP) is 3.31. The Morgan fingerprint density at radius 1 is 1.41 bits per heavy atom. The summed E-state index contributed by atoms with van der Waals surface area (Å²) in [6.07, 6.45) is 0.369. The lowest BCUT2D eigenvalue weighted by Crippen LogP contribution is -2.45. The van der Waals surface area contributed by atoms with Crippen molar-refractivity contribution in [1.29, 1.82) is 0 Å². The highest BCUT2D eigenvalue weighted by molar-refractivity contribution is 7.13. The number of piperidine rings is 1. The molecule has 3 rings (SSSR count). The number of nitrogens with zero attached hydrogens (tertiary/aromatic N) is 2. The normalized spacial score (nSPS) is 21.9. The summed E-state index contributed by atoms with van der Waals surface area (Å²) >= 11 is 7.32. The number of β-amino-alcohol motifs (C(OH)–C–C–N with tert-alkyl or cyclic N) is 1. The molecule has 2 unspecified atom stereocenters. The number of carbonyl (C=O) groups excluding carboxylic acids is 1. The Labute approximate surface area is 138 Å². The monoisotopic (exact) mass is 336 g/mol. The second kappa shape index (κ2) is 6.36. The minimum Gasteiger partial charge on any atom is -0.391 e. The third kappa shape index (κ3) is 3.16. The second-order valence-corrected chi connectivity index (χ2v) is 6.92. The summed E-state index contributed by atoms with van der Waals surface area (Å²) in [6, 6.07) is 7.40. The number of likely N-dealkylation sites (tertiary alicyclic amines) is 1. The molecule has 0 spiro atoms. The Kier molecular flexibility index (Phi) is 4.47. The van der Waals surface area contributed by atoms with E-state index in [1.807, 2.05) is 31.2 Å². The van der Waals surface area contributed by atoms with Crippen molar-refractivity contribution in [3.63, 3.8) is 0 Å². The van der Waals surface area contributed by atoms with Gasteiger partial charge in [-0.2, -0.15) is 0 Å². The Balaban J connectivity index is 1.76. The number of rotatable bonds is 2. The van der Waals surface area contributed by atoms with Crippen LogP contribution in [0, 0.1) is 5.92 Å². The van der Waals surface area contributed by atoms with Gasteiger partial charge in [0.15, 0.2) is 0 Å². The number of halogens is 1. The Bertz CT molecular complexity index is 671. The van der Waals surface area contributed by atoms with E-state index in [0.717, 1.165) is 17.0 Å². The topological polar surface area (TPSA) is 53.4 Å². The average molecular weight is 337 g/mol. The van der Waals surface area contributed by atoms with Gasteiger partial charge in [0.25, 0.3) is 5.91 Å². The van der Waals surface area contributed by atoms with Crippen molar-refractivity contribution in [2.45, 2.75) is 19.4 Å². The molecule has 116 valence electrons. The number of hydrogen-bond acceptors (Lipinski definition) is 4. The van der Waals surface area contributed by atoms with Crippen LogP contribution >= 0.6 is 22.9 Å². The largest absolute Gasteiger partial charge is 0.391 e. The first kappa shape index (κ1) is 15.5. The first-order valence-corrected chi connectivity index (χ1v) is 8.49. The fourth-order valence-corrected chi connectivity index (χ4v) is 3.42. The van der Waals surface area contributed by atoms with Gasteiger partial charge < -0.3 is 10.0 Å². The second-order valence-electron chi connectivity index (χ2n) is 5.63. The molecule has 2 atom stereocenters. The van der Waals surface area contributed by atoms with Gasteiger partial charge in [0, 0.05) is 29.1 Å². The number of hydrogen-bond donors (Lipinski definition) is 1. The quantitative estimate of drug-likeness (QED) is 0.915. The van der Waals surface area contributed by atoms with E-state index in [-0.39, 0.29) is 11.8 Å². The molecule has 1 N–H and O–H groups in total. The summed E-state index contributed by atoms with van der Waals surface area (Å²) in [6.45, 7) is 3.06. The third-order valence-electron chi connectivity index (χ3n) is 4.02. The standard InChI is InChI=1S/C16H17ClN2O2S/c1-10-6-7-19(8-14(10)20)16(21)13-9-22-15(18-13)11-2-4-12(17)5-3-11/h2-5,9-10,14,20H,6-8H2,1H3. The van der Waals surface area contributed by atoms with E-state index in [4.69, 9.17) is 11.6 Å². The Morgan fingerprint density at radius 3 is 2.82 bits per heavy atom. The van der Waals surface area contributed by atoms with Crippen LogP contribution in [0.2, 0.25) is 5.02 Å². The molecule has 6 heteroatoms. The predicted molar refractivity (Wildman–Crippen MR) is 88.3 cm³/mol. The maximum Gasteiger partial charge on any atom is 0.273 e. The van der Waals surface area contributed by atoms with E-state index >= 15 is 0 Å². The zero-order valence-corrected chi connectivity index (χ0v) is 13.8. The van der Waals surface area contributed by atoms with Gasteiger partial charge in [0.2, 0.25) is 0 Å². The van der Waals surface area contributed by atoms with Crippen molar-refractivity contribution in [1.82, 2.24) is 9.88 Å². The summed E-state index contributed by atoms with van der Waals surface area (Å²) in [5.41, 5.74) is 1.39. The highest BCUT2D eigenvalue weighted by Crippen LogP contribution is 2.26. The number of aromatic nitrogens is 1. The zero-order chi connectivity index (χ0) is 15.7. The lowest BCUT2D eigenvalue weighted by atomic mass is 9.96. The molecule has 1 aromatic carbocycles. The number of aliphatic hydroxyl groups is 1. The highest BCUT2D eigenvalue weighted by atomic mass is 35.5. The van der Waals surface area contributed by atoms with Crippen LogP contribution in [0.3, 0.4) is 0 Å². The molecule has 1 amide bonds. The Hall–Kier alpha value is -1.43. The molecule has 1 aliphatic rings. The van der Waals surface area contributed by atoms with Crippen LogP contribution in [-0.4, -0.2) is 40.1 Å². The number of thiazole rings is 1. The minimum atomic E-state index is -0.452. The van der Waals surface area contributed by atoms with E-state index < -0.39 is 6.10 Å². The molecular weight excluding hydrogens is 320 g/mol. The van der Waals surface area contributed by atoms with E-state index in [0.29, 0.717) is 23.8 Å². The zero-order valence-electron chi connectivity index (χ0n) is 12.2. The molecule has 1 aromatic heterocycles.